The number of rotatable bonds is 2. The Labute approximate surface area is 101 Å². The molecule has 0 aliphatic heterocycles. The standard InChI is InChI=1S/C13H19NO3/c1-8-7-10(9(2)17-8)13(16)14-11-5-3-4-6-12(11)15/h7,11-12,15H,3-6H2,1-2H3,(H,14,16)/t11-,12-/m1/s1. The third kappa shape index (κ3) is 2.69. The number of furan rings is 1. The van der Waals surface area contributed by atoms with Crippen molar-refractivity contribution in [2.75, 3.05) is 0 Å². The van der Waals surface area contributed by atoms with Crippen LogP contribution in [0, 0.1) is 13.8 Å². The molecule has 4 nitrogen and oxygen atoms in total. The zero-order valence-corrected chi connectivity index (χ0v) is 10.3. The second-order valence-electron chi connectivity index (χ2n) is 4.76. The summed E-state index contributed by atoms with van der Waals surface area (Å²) in [5, 5.41) is 12.7. The molecule has 0 bridgehead atoms. The number of hydrogen-bond donors (Lipinski definition) is 2. The van der Waals surface area contributed by atoms with E-state index in [2.05, 4.69) is 5.32 Å². The molecule has 1 aromatic heterocycles. The molecule has 1 aliphatic carbocycles. The summed E-state index contributed by atoms with van der Waals surface area (Å²) < 4.78 is 5.33. The molecule has 0 aromatic carbocycles. The fraction of sp³-hybridized carbons (Fsp3) is 0.615. The van der Waals surface area contributed by atoms with Crippen LogP contribution in [0.1, 0.15) is 47.6 Å². The molecule has 2 atom stereocenters. The molecule has 1 heterocycles. The quantitative estimate of drug-likeness (QED) is 0.826. The van der Waals surface area contributed by atoms with Crippen molar-refractivity contribution in [2.24, 2.45) is 0 Å². The van der Waals surface area contributed by atoms with Crippen LogP contribution in [0.25, 0.3) is 0 Å². The van der Waals surface area contributed by atoms with Gasteiger partial charge in [0.25, 0.3) is 5.91 Å². The lowest BCUT2D eigenvalue weighted by molar-refractivity contribution is 0.0716. The minimum atomic E-state index is -0.416. The number of aliphatic hydroxyl groups is 1. The van der Waals surface area contributed by atoms with E-state index in [1.165, 1.54) is 0 Å². The van der Waals surface area contributed by atoms with Crippen molar-refractivity contribution in [3.63, 3.8) is 0 Å². The van der Waals surface area contributed by atoms with Gasteiger partial charge >= 0.3 is 0 Å². The van der Waals surface area contributed by atoms with E-state index in [9.17, 15) is 9.90 Å². The highest BCUT2D eigenvalue weighted by atomic mass is 16.3. The SMILES string of the molecule is Cc1cc(C(=O)N[C@@H]2CCCC[C@H]2O)c(C)o1. The number of nitrogens with one attached hydrogen (secondary N) is 1. The van der Waals surface area contributed by atoms with E-state index in [0.717, 1.165) is 31.4 Å². The first-order chi connectivity index (χ1) is 8.08. The maximum Gasteiger partial charge on any atom is 0.255 e. The van der Waals surface area contributed by atoms with E-state index in [4.69, 9.17) is 4.42 Å². The van der Waals surface area contributed by atoms with Crippen LogP contribution in [-0.2, 0) is 0 Å². The summed E-state index contributed by atoms with van der Waals surface area (Å²) in [6.07, 6.45) is 3.31. The number of aliphatic hydroxyl groups excluding tert-OH is 1. The Kier molecular flexibility index (Phi) is 3.52. The van der Waals surface area contributed by atoms with E-state index >= 15 is 0 Å². The van der Waals surface area contributed by atoms with Gasteiger partial charge in [-0.1, -0.05) is 12.8 Å². The van der Waals surface area contributed by atoms with Gasteiger partial charge in [-0.05, 0) is 32.8 Å². The number of amides is 1. The van der Waals surface area contributed by atoms with Gasteiger partial charge in [-0.25, -0.2) is 0 Å². The first-order valence-corrected chi connectivity index (χ1v) is 6.14. The van der Waals surface area contributed by atoms with Crippen molar-refractivity contribution < 1.29 is 14.3 Å². The Morgan fingerprint density at radius 1 is 1.41 bits per heavy atom. The van der Waals surface area contributed by atoms with Crippen molar-refractivity contribution in [2.45, 2.75) is 51.7 Å². The van der Waals surface area contributed by atoms with E-state index in [0.29, 0.717) is 11.3 Å². The normalized spacial score (nSPS) is 24.6. The first-order valence-electron chi connectivity index (χ1n) is 6.14. The van der Waals surface area contributed by atoms with Crippen molar-refractivity contribution in [1.82, 2.24) is 5.32 Å². The monoisotopic (exact) mass is 237 g/mol. The van der Waals surface area contributed by atoms with Crippen molar-refractivity contribution in [1.29, 1.82) is 0 Å². The number of carbonyl (C=O) groups is 1. The molecule has 0 radical (unpaired) electrons. The summed E-state index contributed by atoms with van der Waals surface area (Å²) in [6.45, 7) is 3.60. The minimum Gasteiger partial charge on any atom is -0.466 e. The summed E-state index contributed by atoms with van der Waals surface area (Å²) in [4.78, 5) is 12.0. The Morgan fingerprint density at radius 3 is 2.71 bits per heavy atom. The second kappa shape index (κ2) is 4.92. The van der Waals surface area contributed by atoms with Gasteiger partial charge in [0.2, 0.25) is 0 Å². The summed E-state index contributed by atoms with van der Waals surface area (Å²) in [6, 6.07) is 1.62. The van der Waals surface area contributed by atoms with E-state index in [1.54, 1.807) is 13.0 Å². The van der Waals surface area contributed by atoms with Gasteiger partial charge < -0.3 is 14.8 Å². The maximum atomic E-state index is 12.0. The summed E-state index contributed by atoms with van der Waals surface area (Å²) in [7, 11) is 0. The highest BCUT2D eigenvalue weighted by Crippen LogP contribution is 2.20. The van der Waals surface area contributed by atoms with Gasteiger partial charge in [0, 0.05) is 0 Å². The van der Waals surface area contributed by atoms with Crippen LogP contribution >= 0.6 is 0 Å². The smallest absolute Gasteiger partial charge is 0.255 e. The number of aryl methyl sites for hydroxylation is 2. The predicted molar refractivity (Wildman–Crippen MR) is 63.9 cm³/mol. The molecule has 94 valence electrons. The molecule has 1 aromatic rings. The van der Waals surface area contributed by atoms with Crippen LogP contribution in [0.3, 0.4) is 0 Å². The van der Waals surface area contributed by atoms with Crippen molar-refractivity contribution in [3.05, 3.63) is 23.2 Å². The maximum absolute atomic E-state index is 12.0. The summed E-state index contributed by atoms with van der Waals surface area (Å²) >= 11 is 0. The predicted octanol–water partition coefficient (Wildman–Crippen LogP) is 1.93. The second-order valence-corrected chi connectivity index (χ2v) is 4.76. The zero-order chi connectivity index (χ0) is 12.4. The zero-order valence-electron chi connectivity index (χ0n) is 10.3. The molecule has 1 amide bonds. The topological polar surface area (TPSA) is 62.5 Å². The lowest BCUT2D eigenvalue weighted by atomic mass is 9.92. The molecule has 2 N–H and O–H groups in total. The lowest BCUT2D eigenvalue weighted by Gasteiger charge is -2.28. The molecule has 17 heavy (non-hydrogen) atoms. The van der Waals surface area contributed by atoms with E-state index in [-0.39, 0.29) is 11.9 Å². The number of carbonyl (C=O) groups excluding carboxylic acids is 1. The highest BCUT2D eigenvalue weighted by Gasteiger charge is 2.25. The third-order valence-electron chi connectivity index (χ3n) is 3.33. The van der Waals surface area contributed by atoms with Gasteiger partial charge in [0.15, 0.2) is 0 Å². The number of hydrogen-bond acceptors (Lipinski definition) is 3. The molecule has 1 fully saturated rings. The average Bonchev–Trinajstić information content (AvgIpc) is 2.61. The first kappa shape index (κ1) is 12.2. The van der Waals surface area contributed by atoms with Crippen molar-refractivity contribution in [3.8, 4) is 0 Å². The average molecular weight is 237 g/mol. The lowest BCUT2D eigenvalue weighted by Crippen LogP contribution is -2.45. The fourth-order valence-corrected chi connectivity index (χ4v) is 2.38. The largest absolute Gasteiger partial charge is 0.466 e. The minimum absolute atomic E-state index is 0.120. The van der Waals surface area contributed by atoms with Crippen LogP contribution in [0.5, 0.6) is 0 Å². The van der Waals surface area contributed by atoms with Crippen molar-refractivity contribution >= 4 is 5.91 Å². The molecule has 1 aliphatic rings. The molecular formula is C13H19NO3. The molecule has 1 saturated carbocycles. The Morgan fingerprint density at radius 2 is 2.12 bits per heavy atom. The van der Waals surface area contributed by atoms with E-state index < -0.39 is 6.10 Å². The molecule has 0 unspecified atom stereocenters. The molecule has 0 saturated heterocycles. The van der Waals surface area contributed by atoms with Crippen LogP contribution in [0.4, 0.5) is 0 Å². The summed E-state index contributed by atoms with van der Waals surface area (Å²) in [5.41, 5.74) is 0.570. The fourth-order valence-electron chi connectivity index (χ4n) is 2.38. The van der Waals surface area contributed by atoms with Crippen LogP contribution in [0.15, 0.2) is 10.5 Å². The van der Waals surface area contributed by atoms with Gasteiger partial charge in [0.1, 0.15) is 11.5 Å². The Bertz CT molecular complexity index is 411. The van der Waals surface area contributed by atoms with Crippen LogP contribution < -0.4 is 5.32 Å². The van der Waals surface area contributed by atoms with Gasteiger partial charge in [0.05, 0.1) is 17.7 Å². The van der Waals surface area contributed by atoms with E-state index in [1.807, 2.05) is 6.92 Å². The summed E-state index contributed by atoms with van der Waals surface area (Å²) in [5.74, 6) is 1.22. The molecular weight excluding hydrogens is 218 g/mol. The van der Waals surface area contributed by atoms with Gasteiger partial charge in [-0.2, -0.15) is 0 Å². The third-order valence-corrected chi connectivity index (χ3v) is 3.33. The molecule has 2 rings (SSSR count). The van der Waals surface area contributed by atoms with Crippen LogP contribution in [0.2, 0.25) is 0 Å². The Balaban J connectivity index is 2.03. The van der Waals surface area contributed by atoms with Gasteiger partial charge in [-0.15, -0.1) is 0 Å². The molecule has 0 spiro atoms. The molecule has 4 heteroatoms. The van der Waals surface area contributed by atoms with Gasteiger partial charge in [-0.3, -0.25) is 4.79 Å². The van der Waals surface area contributed by atoms with Crippen LogP contribution in [-0.4, -0.2) is 23.2 Å². The Hall–Kier alpha value is -1.29. The highest BCUT2D eigenvalue weighted by molar-refractivity contribution is 5.95.